The molecule has 1 aliphatic rings. The van der Waals surface area contributed by atoms with Gasteiger partial charge in [-0.15, -0.1) is 0 Å². The van der Waals surface area contributed by atoms with Gasteiger partial charge in [-0.25, -0.2) is 9.97 Å². The molecule has 1 saturated heterocycles. The fourth-order valence-corrected chi connectivity index (χ4v) is 3.50. The second kappa shape index (κ2) is 9.52. The third-order valence-corrected chi connectivity index (χ3v) is 5.41. The Labute approximate surface area is 187 Å². The lowest BCUT2D eigenvalue weighted by Crippen LogP contribution is -2.44. The number of rotatable bonds is 7. The van der Waals surface area contributed by atoms with Crippen molar-refractivity contribution >= 4 is 34.6 Å². The number of benzene rings is 1. The van der Waals surface area contributed by atoms with E-state index < -0.39 is 5.91 Å². The van der Waals surface area contributed by atoms with Crippen molar-refractivity contribution in [3.05, 3.63) is 60.4 Å². The SMILES string of the molecule is COc1ccc(Nc2cc(Nc3ccc(N4CCN(C)CC4)cn3)ncc2C(N)=O)cc1. The summed E-state index contributed by atoms with van der Waals surface area (Å²) in [6, 6.07) is 13.1. The van der Waals surface area contributed by atoms with Crippen molar-refractivity contribution in [1.82, 2.24) is 14.9 Å². The third kappa shape index (κ3) is 5.06. The first kappa shape index (κ1) is 21.4. The third-order valence-electron chi connectivity index (χ3n) is 5.41. The number of anilines is 5. The summed E-state index contributed by atoms with van der Waals surface area (Å²) in [7, 11) is 3.75. The van der Waals surface area contributed by atoms with E-state index in [0.717, 1.165) is 43.3 Å². The highest BCUT2D eigenvalue weighted by Gasteiger charge is 2.15. The number of primary amides is 1. The van der Waals surface area contributed by atoms with Crippen LogP contribution < -0.4 is 26.0 Å². The first-order valence-electron chi connectivity index (χ1n) is 10.4. The van der Waals surface area contributed by atoms with Crippen molar-refractivity contribution in [3.63, 3.8) is 0 Å². The van der Waals surface area contributed by atoms with Gasteiger partial charge in [-0.2, -0.15) is 0 Å². The lowest BCUT2D eigenvalue weighted by molar-refractivity contribution is 0.100. The second-order valence-electron chi connectivity index (χ2n) is 7.65. The van der Waals surface area contributed by atoms with Crippen LogP contribution >= 0.6 is 0 Å². The summed E-state index contributed by atoms with van der Waals surface area (Å²) >= 11 is 0. The summed E-state index contributed by atoms with van der Waals surface area (Å²) < 4.78 is 5.18. The number of hydrogen-bond donors (Lipinski definition) is 3. The molecule has 1 aliphatic heterocycles. The fourth-order valence-electron chi connectivity index (χ4n) is 3.50. The van der Waals surface area contributed by atoms with Crippen LogP contribution in [0.3, 0.4) is 0 Å². The highest BCUT2D eigenvalue weighted by molar-refractivity contribution is 5.99. The molecule has 9 nitrogen and oxygen atoms in total. The van der Waals surface area contributed by atoms with Gasteiger partial charge >= 0.3 is 0 Å². The lowest BCUT2D eigenvalue weighted by atomic mass is 10.2. The molecule has 1 amide bonds. The topological polar surface area (TPSA) is 109 Å². The molecule has 0 spiro atoms. The minimum atomic E-state index is -0.560. The van der Waals surface area contributed by atoms with Gasteiger partial charge < -0.3 is 30.9 Å². The van der Waals surface area contributed by atoms with Crippen LogP contribution in [0.25, 0.3) is 0 Å². The molecule has 0 aliphatic carbocycles. The Kier molecular flexibility index (Phi) is 6.37. The van der Waals surface area contributed by atoms with Gasteiger partial charge in [0.15, 0.2) is 0 Å². The average molecular weight is 434 g/mol. The van der Waals surface area contributed by atoms with Gasteiger partial charge in [0.05, 0.1) is 30.2 Å². The molecular formula is C23H27N7O2. The van der Waals surface area contributed by atoms with Crippen molar-refractivity contribution < 1.29 is 9.53 Å². The number of amides is 1. The quantitative estimate of drug-likeness (QED) is 0.522. The molecule has 1 aromatic carbocycles. The standard InChI is InChI=1S/C23H27N7O2/c1-29-9-11-30(12-10-29)17-5-8-21(25-14-17)28-22-13-20(19(15-26-22)23(24)31)27-16-3-6-18(32-2)7-4-16/h3-8,13-15H,9-12H2,1-2H3,(H2,24,31)(H2,25,26,27,28). The lowest BCUT2D eigenvalue weighted by Gasteiger charge is -2.33. The minimum Gasteiger partial charge on any atom is -0.497 e. The number of hydrogen-bond acceptors (Lipinski definition) is 8. The molecule has 0 bridgehead atoms. The zero-order chi connectivity index (χ0) is 22.5. The summed E-state index contributed by atoms with van der Waals surface area (Å²) in [6.45, 7) is 4.06. The monoisotopic (exact) mass is 433 g/mol. The van der Waals surface area contributed by atoms with Crippen LogP contribution in [0.5, 0.6) is 5.75 Å². The first-order chi connectivity index (χ1) is 15.5. The molecular weight excluding hydrogens is 406 g/mol. The van der Waals surface area contributed by atoms with Crippen molar-refractivity contribution in [2.75, 3.05) is 55.9 Å². The van der Waals surface area contributed by atoms with Gasteiger partial charge in [-0.1, -0.05) is 0 Å². The van der Waals surface area contributed by atoms with Gasteiger partial charge in [0, 0.05) is 44.1 Å². The van der Waals surface area contributed by atoms with Gasteiger partial charge in [-0.05, 0) is 43.4 Å². The smallest absolute Gasteiger partial charge is 0.252 e. The van der Waals surface area contributed by atoms with E-state index in [-0.39, 0.29) is 0 Å². The molecule has 9 heteroatoms. The Morgan fingerprint density at radius 2 is 1.69 bits per heavy atom. The Balaban J connectivity index is 1.49. The van der Waals surface area contributed by atoms with Crippen LogP contribution in [0.4, 0.5) is 28.7 Å². The summed E-state index contributed by atoms with van der Waals surface area (Å²) in [5.41, 5.74) is 8.27. The van der Waals surface area contributed by atoms with Gasteiger partial charge in [0.2, 0.25) is 0 Å². The number of ether oxygens (including phenoxy) is 1. The number of carbonyl (C=O) groups is 1. The molecule has 0 saturated carbocycles. The molecule has 1 fully saturated rings. The molecule has 0 radical (unpaired) electrons. The van der Waals surface area contributed by atoms with Crippen molar-refractivity contribution in [3.8, 4) is 5.75 Å². The summed E-state index contributed by atoms with van der Waals surface area (Å²) in [5.74, 6) is 1.40. The van der Waals surface area contributed by atoms with Crippen molar-refractivity contribution in [2.24, 2.45) is 5.73 Å². The Hall–Kier alpha value is -3.85. The Bertz CT molecular complexity index is 1060. The van der Waals surface area contributed by atoms with E-state index in [1.165, 1.54) is 6.20 Å². The van der Waals surface area contributed by atoms with Crippen molar-refractivity contribution in [2.45, 2.75) is 0 Å². The molecule has 3 aromatic rings. The van der Waals surface area contributed by atoms with Crippen LogP contribution in [0, 0.1) is 0 Å². The molecule has 0 atom stereocenters. The number of nitrogens with zero attached hydrogens (tertiary/aromatic N) is 4. The number of likely N-dealkylation sites (N-methyl/N-ethyl adjacent to an activating group) is 1. The Morgan fingerprint density at radius 3 is 2.31 bits per heavy atom. The summed E-state index contributed by atoms with van der Waals surface area (Å²) in [5, 5.41) is 6.41. The van der Waals surface area contributed by atoms with Gasteiger partial charge in [-0.3, -0.25) is 4.79 Å². The minimum absolute atomic E-state index is 0.296. The largest absolute Gasteiger partial charge is 0.497 e. The fraction of sp³-hybridized carbons (Fsp3) is 0.261. The number of methoxy groups -OCH3 is 1. The van der Waals surface area contributed by atoms with E-state index in [0.29, 0.717) is 22.9 Å². The number of nitrogens with one attached hydrogen (secondary N) is 2. The van der Waals surface area contributed by atoms with E-state index in [9.17, 15) is 4.79 Å². The zero-order valence-corrected chi connectivity index (χ0v) is 18.2. The predicted octanol–water partition coefficient (Wildman–Crippen LogP) is 2.82. The number of pyridine rings is 2. The van der Waals surface area contributed by atoms with Crippen LogP contribution in [-0.2, 0) is 0 Å². The summed E-state index contributed by atoms with van der Waals surface area (Å²) in [4.78, 5) is 25.4. The number of piperazine rings is 1. The van der Waals surface area contributed by atoms with Crippen LogP contribution in [-0.4, -0.2) is 61.1 Å². The van der Waals surface area contributed by atoms with E-state index in [1.54, 1.807) is 13.2 Å². The number of aromatic nitrogens is 2. The molecule has 4 rings (SSSR count). The van der Waals surface area contributed by atoms with Gasteiger partial charge in [0.1, 0.15) is 17.4 Å². The molecule has 4 N–H and O–H groups in total. The number of nitrogens with two attached hydrogens (primary N) is 1. The molecule has 32 heavy (non-hydrogen) atoms. The molecule has 166 valence electrons. The molecule has 3 heterocycles. The molecule has 2 aromatic heterocycles. The highest BCUT2D eigenvalue weighted by atomic mass is 16.5. The maximum absolute atomic E-state index is 11.9. The van der Waals surface area contributed by atoms with Crippen molar-refractivity contribution in [1.29, 1.82) is 0 Å². The zero-order valence-electron chi connectivity index (χ0n) is 18.2. The normalized spacial score (nSPS) is 14.1. The maximum atomic E-state index is 11.9. The highest BCUT2D eigenvalue weighted by Crippen LogP contribution is 2.26. The van der Waals surface area contributed by atoms with E-state index in [4.69, 9.17) is 10.5 Å². The van der Waals surface area contributed by atoms with Crippen LogP contribution in [0.2, 0.25) is 0 Å². The molecule has 0 unspecified atom stereocenters. The van der Waals surface area contributed by atoms with Gasteiger partial charge in [0.25, 0.3) is 5.91 Å². The van der Waals surface area contributed by atoms with E-state index >= 15 is 0 Å². The second-order valence-corrected chi connectivity index (χ2v) is 7.65. The summed E-state index contributed by atoms with van der Waals surface area (Å²) in [6.07, 6.45) is 3.32. The predicted molar refractivity (Wildman–Crippen MR) is 126 cm³/mol. The number of carbonyl (C=O) groups excluding carboxylic acids is 1. The maximum Gasteiger partial charge on any atom is 0.252 e. The first-order valence-corrected chi connectivity index (χ1v) is 10.4. The van der Waals surface area contributed by atoms with E-state index in [1.807, 2.05) is 36.5 Å². The average Bonchev–Trinajstić information content (AvgIpc) is 2.81. The van der Waals surface area contributed by atoms with Crippen LogP contribution in [0.15, 0.2) is 54.9 Å². The Morgan fingerprint density at radius 1 is 0.969 bits per heavy atom. The van der Waals surface area contributed by atoms with E-state index in [2.05, 4.69) is 43.5 Å². The van der Waals surface area contributed by atoms with Crippen LogP contribution in [0.1, 0.15) is 10.4 Å².